The highest BCUT2D eigenvalue weighted by molar-refractivity contribution is 6.31. The molecule has 7 nitrogen and oxygen atoms in total. The van der Waals surface area contributed by atoms with Crippen molar-refractivity contribution in [1.29, 1.82) is 0 Å². The van der Waals surface area contributed by atoms with Crippen LogP contribution in [0.15, 0.2) is 60.7 Å². The quantitative estimate of drug-likeness (QED) is 0.512. The monoisotopic (exact) mass is 491 g/mol. The average molecular weight is 492 g/mol. The largest absolute Gasteiger partial charge is 0.368 e. The number of carbonyl (C=O) groups excluding carboxylic acids is 2. The van der Waals surface area contributed by atoms with Gasteiger partial charge in [0, 0.05) is 54.2 Å². The molecule has 1 fully saturated rings. The molecule has 2 aromatic carbocycles. The summed E-state index contributed by atoms with van der Waals surface area (Å²) in [6.45, 7) is 7.25. The number of benzene rings is 2. The van der Waals surface area contributed by atoms with E-state index in [1.54, 1.807) is 11.0 Å². The van der Waals surface area contributed by atoms with E-state index in [9.17, 15) is 9.59 Å². The summed E-state index contributed by atoms with van der Waals surface area (Å²) >= 11 is 6.29. The molecule has 0 bridgehead atoms. The molecule has 2 amide bonds. The van der Waals surface area contributed by atoms with Crippen LogP contribution in [0.25, 0.3) is 6.08 Å². The lowest BCUT2D eigenvalue weighted by molar-refractivity contribution is -0.132. The highest BCUT2D eigenvalue weighted by Gasteiger charge is 2.21. The smallest absolute Gasteiger partial charge is 0.244 e. The standard InChI is InChI=1S/C27H30ClN5O2/c1-20-24(21(2)33(30-20)19-22-8-6-7-11-25(22)28)12-13-26(34)29-18-27(35)32-16-14-31(15-17-32)23-9-4-3-5-10-23/h3-13H,14-19H2,1-2H3,(H,29,34)/b13-12+. The number of hydrogen-bond acceptors (Lipinski definition) is 4. The summed E-state index contributed by atoms with van der Waals surface area (Å²) in [6.07, 6.45) is 3.21. The Morgan fingerprint density at radius 1 is 1.00 bits per heavy atom. The van der Waals surface area contributed by atoms with Crippen molar-refractivity contribution in [2.75, 3.05) is 37.6 Å². The van der Waals surface area contributed by atoms with E-state index in [-0.39, 0.29) is 18.4 Å². The number of aryl methyl sites for hydroxylation is 1. The van der Waals surface area contributed by atoms with Gasteiger partial charge in [0.1, 0.15) is 0 Å². The second-order valence-corrected chi connectivity index (χ2v) is 9.00. The van der Waals surface area contributed by atoms with Crippen LogP contribution in [0, 0.1) is 13.8 Å². The van der Waals surface area contributed by atoms with Crippen LogP contribution in [0.1, 0.15) is 22.5 Å². The van der Waals surface area contributed by atoms with E-state index in [1.807, 2.05) is 61.0 Å². The van der Waals surface area contributed by atoms with Gasteiger partial charge in [0.15, 0.2) is 0 Å². The number of para-hydroxylation sites is 1. The van der Waals surface area contributed by atoms with Gasteiger partial charge in [-0.1, -0.05) is 48.0 Å². The van der Waals surface area contributed by atoms with Gasteiger partial charge in [0.25, 0.3) is 0 Å². The Kier molecular flexibility index (Phi) is 7.87. The average Bonchev–Trinajstić information content (AvgIpc) is 3.15. The zero-order valence-corrected chi connectivity index (χ0v) is 20.8. The molecular formula is C27H30ClN5O2. The summed E-state index contributed by atoms with van der Waals surface area (Å²) in [4.78, 5) is 29.0. The number of rotatable bonds is 7. The van der Waals surface area contributed by atoms with Crippen LogP contribution in [-0.2, 0) is 16.1 Å². The lowest BCUT2D eigenvalue weighted by Crippen LogP contribution is -2.51. The number of hydrogen-bond donors (Lipinski definition) is 1. The minimum atomic E-state index is -0.307. The SMILES string of the molecule is Cc1nn(Cc2ccccc2Cl)c(C)c1/C=C/C(=O)NCC(=O)N1CCN(c2ccccc2)CC1. The topological polar surface area (TPSA) is 70.5 Å². The van der Waals surface area contributed by atoms with Crippen LogP contribution in [0.2, 0.25) is 5.02 Å². The molecule has 0 unspecified atom stereocenters. The van der Waals surface area contributed by atoms with Crippen molar-refractivity contribution >= 4 is 35.2 Å². The number of nitrogens with one attached hydrogen (secondary N) is 1. The Balaban J connectivity index is 1.28. The first kappa shape index (κ1) is 24.5. The predicted octanol–water partition coefficient (Wildman–Crippen LogP) is 3.68. The number of amides is 2. The van der Waals surface area contributed by atoms with Gasteiger partial charge in [0.05, 0.1) is 18.8 Å². The van der Waals surface area contributed by atoms with Crippen molar-refractivity contribution in [3.05, 3.63) is 88.2 Å². The van der Waals surface area contributed by atoms with Crippen molar-refractivity contribution < 1.29 is 9.59 Å². The molecule has 8 heteroatoms. The first-order valence-electron chi connectivity index (χ1n) is 11.7. The van der Waals surface area contributed by atoms with Gasteiger partial charge >= 0.3 is 0 Å². The van der Waals surface area contributed by atoms with Crippen LogP contribution < -0.4 is 10.2 Å². The van der Waals surface area contributed by atoms with E-state index < -0.39 is 0 Å². The van der Waals surface area contributed by atoms with Gasteiger partial charge in [-0.15, -0.1) is 0 Å². The zero-order chi connectivity index (χ0) is 24.8. The first-order valence-corrected chi connectivity index (χ1v) is 12.1. The number of piperazine rings is 1. The molecule has 1 aliphatic rings. The number of nitrogens with zero attached hydrogens (tertiary/aromatic N) is 4. The van der Waals surface area contributed by atoms with E-state index in [0.29, 0.717) is 24.7 Å². The normalized spacial score (nSPS) is 13.9. The first-order chi connectivity index (χ1) is 16.9. The summed E-state index contributed by atoms with van der Waals surface area (Å²) in [7, 11) is 0. The van der Waals surface area contributed by atoms with Gasteiger partial charge < -0.3 is 15.1 Å². The van der Waals surface area contributed by atoms with E-state index in [1.165, 1.54) is 11.8 Å². The fourth-order valence-electron chi connectivity index (χ4n) is 4.24. The number of halogens is 1. The number of anilines is 1. The molecule has 0 radical (unpaired) electrons. The third-order valence-electron chi connectivity index (χ3n) is 6.28. The Morgan fingerprint density at radius 2 is 1.69 bits per heavy atom. The fourth-order valence-corrected chi connectivity index (χ4v) is 4.43. The highest BCUT2D eigenvalue weighted by Crippen LogP contribution is 2.20. The minimum Gasteiger partial charge on any atom is -0.368 e. The van der Waals surface area contributed by atoms with Gasteiger partial charge in [-0.2, -0.15) is 5.10 Å². The van der Waals surface area contributed by atoms with Crippen molar-refractivity contribution in [1.82, 2.24) is 20.0 Å². The Hall–Kier alpha value is -3.58. The third kappa shape index (κ3) is 6.11. The zero-order valence-electron chi connectivity index (χ0n) is 20.1. The summed E-state index contributed by atoms with van der Waals surface area (Å²) in [5.41, 5.74) is 4.80. The summed E-state index contributed by atoms with van der Waals surface area (Å²) in [6, 6.07) is 17.9. The molecule has 0 saturated carbocycles. The van der Waals surface area contributed by atoms with E-state index in [4.69, 9.17) is 11.6 Å². The Morgan fingerprint density at radius 3 is 2.40 bits per heavy atom. The second-order valence-electron chi connectivity index (χ2n) is 8.59. The molecule has 4 rings (SSSR count). The van der Waals surface area contributed by atoms with Crippen molar-refractivity contribution in [3.8, 4) is 0 Å². The van der Waals surface area contributed by atoms with E-state index in [0.717, 1.165) is 35.6 Å². The van der Waals surface area contributed by atoms with Gasteiger partial charge in [-0.05, 0) is 43.7 Å². The maximum atomic E-state index is 12.6. The van der Waals surface area contributed by atoms with Crippen LogP contribution >= 0.6 is 11.6 Å². The molecule has 0 atom stereocenters. The maximum absolute atomic E-state index is 12.6. The van der Waals surface area contributed by atoms with Crippen LogP contribution in [0.5, 0.6) is 0 Å². The minimum absolute atomic E-state index is 0.0156. The lowest BCUT2D eigenvalue weighted by atomic mass is 10.1. The predicted molar refractivity (Wildman–Crippen MR) is 140 cm³/mol. The van der Waals surface area contributed by atoms with Crippen LogP contribution in [-0.4, -0.2) is 59.2 Å². The summed E-state index contributed by atoms with van der Waals surface area (Å²) in [5, 5.41) is 8.01. The van der Waals surface area contributed by atoms with E-state index in [2.05, 4.69) is 27.4 Å². The molecule has 1 saturated heterocycles. The molecule has 1 aromatic heterocycles. The van der Waals surface area contributed by atoms with Crippen LogP contribution in [0.4, 0.5) is 5.69 Å². The molecule has 1 N–H and O–H groups in total. The molecule has 0 spiro atoms. The highest BCUT2D eigenvalue weighted by atomic mass is 35.5. The fraction of sp³-hybridized carbons (Fsp3) is 0.296. The molecule has 0 aliphatic carbocycles. The summed E-state index contributed by atoms with van der Waals surface area (Å²) in [5.74, 6) is -0.377. The van der Waals surface area contributed by atoms with Crippen LogP contribution in [0.3, 0.4) is 0 Å². The second kappa shape index (κ2) is 11.2. The summed E-state index contributed by atoms with van der Waals surface area (Å²) < 4.78 is 1.88. The third-order valence-corrected chi connectivity index (χ3v) is 6.65. The Bertz CT molecular complexity index is 1210. The number of aromatic nitrogens is 2. The van der Waals surface area contributed by atoms with Gasteiger partial charge in [0.2, 0.25) is 11.8 Å². The van der Waals surface area contributed by atoms with Crippen molar-refractivity contribution in [2.45, 2.75) is 20.4 Å². The van der Waals surface area contributed by atoms with E-state index >= 15 is 0 Å². The molecule has 182 valence electrons. The van der Waals surface area contributed by atoms with Crippen molar-refractivity contribution in [3.63, 3.8) is 0 Å². The maximum Gasteiger partial charge on any atom is 0.244 e. The Labute approximate surface area is 211 Å². The molecule has 2 heterocycles. The van der Waals surface area contributed by atoms with Gasteiger partial charge in [-0.25, -0.2) is 0 Å². The van der Waals surface area contributed by atoms with Gasteiger partial charge in [-0.3, -0.25) is 14.3 Å². The molecular weight excluding hydrogens is 462 g/mol. The molecule has 35 heavy (non-hydrogen) atoms. The lowest BCUT2D eigenvalue weighted by Gasteiger charge is -2.36. The molecule has 1 aliphatic heterocycles. The molecule has 3 aromatic rings. The number of carbonyl (C=O) groups is 2. The van der Waals surface area contributed by atoms with Crippen molar-refractivity contribution in [2.24, 2.45) is 0 Å².